The predicted molar refractivity (Wildman–Crippen MR) is 86.8 cm³/mol. The molecule has 1 atom stereocenters. The summed E-state index contributed by atoms with van der Waals surface area (Å²) in [6.07, 6.45) is 2.49. The van der Waals surface area contributed by atoms with E-state index in [2.05, 4.69) is 24.2 Å². The molecule has 0 bridgehead atoms. The summed E-state index contributed by atoms with van der Waals surface area (Å²) < 4.78 is 5.52. The second-order valence-electron chi connectivity index (χ2n) is 5.99. The Morgan fingerprint density at radius 1 is 1.38 bits per heavy atom. The van der Waals surface area contributed by atoms with Gasteiger partial charge in [0, 0.05) is 17.3 Å². The SMILES string of the molecule is CCOc1ccc(NC(C)C2CCN(C)CC2)cc1CO. The lowest BCUT2D eigenvalue weighted by atomic mass is 9.90. The van der Waals surface area contributed by atoms with Crippen LogP contribution in [0.3, 0.4) is 0 Å². The van der Waals surface area contributed by atoms with Gasteiger partial charge < -0.3 is 20.1 Å². The summed E-state index contributed by atoms with van der Waals surface area (Å²) >= 11 is 0. The van der Waals surface area contributed by atoms with Gasteiger partial charge in [0.15, 0.2) is 0 Å². The van der Waals surface area contributed by atoms with E-state index in [1.54, 1.807) is 0 Å². The van der Waals surface area contributed by atoms with Gasteiger partial charge in [0.2, 0.25) is 0 Å². The highest BCUT2D eigenvalue weighted by Gasteiger charge is 2.22. The first-order valence-electron chi connectivity index (χ1n) is 7.95. The first-order valence-corrected chi connectivity index (χ1v) is 7.95. The fourth-order valence-electron chi connectivity index (χ4n) is 3.00. The average molecular weight is 292 g/mol. The molecule has 1 aromatic rings. The van der Waals surface area contributed by atoms with Crippen LogP contribution < -0.4 is 10.1 Å². The van der Waals surface area contributed by atoms with Crippen LogP contribution in [0.4, 0.5) is 5.69 Å². The van der Waals surface area contributed by atoms with Crippen molar-refractivity contribution < 1.29 is 9.84 Å². The Hall–Kier alpha value is -1.26. The zero-order valence-electron chi connectivity index (χ0n) is 13.4. The van der Waals surface area contributed by atoms with Crippen LogP contribution in [0, 0.1) is 5.92 Å². The second-order valence-corrected chi connectivity index (χ2v) is 5.99. The van der Waals surface area contributed by atoms with Crippen LogP contribution in [0.1, 0.15) is 32.3 Å². The van der Waals surface area contributed by atoms with E-state index < -0.39 is 0 Å². The lowest BCUT2D eigenvalue weighted by molar-refractivity contribution is 0.208. The molecule has 4 heteroatoms. The third-order valence-corrected chi connectivity index (χ3v) is 4.40. The fraction of sp³-hybridized carbons (Fsp3) is 0.647. The Bertz CT molecular complexity index is 442. The normalized spacial score (nSPS) is 18.5. The fourth-order valence-corrected chi connectivity index (χ4v) is 3.00. The minimum atomic E-state index is 0.00740. The van der Waals surface area contributed by atoms with E-state index in [0.717, 1.165) is 17.0 Å². The third-order valence-electron chi connectivity index (χ3n) is 4.40. The van der Waals surface area contributed by atoms with Gasteiger partial charge in [-0.3, -0.25) is 0 Å². The van der Waals surface area contributed by atoms with Gasteiger partial charge in [0.05, 0.1) is 13.2 Å². The summed E-state index contributed by atoms with van der Waals surface area (Å²) in [5.74, 6) is 1.49. The molecule has 1 unspecified atom stereocenters. The van der Waals surface area contributed by atoms with Crippen molar-refractivity contribution in [1.29, 1.82) is 0 Å². The number of hydrogen-bond acceptors (Lipinski definition) is 4. The summed E-state index contributed by atoms with van der Waals surface area (Å²) in [6.45, 7) is 7.20. The molecule has 118 valence electrons. The number of piperidine rings is 1. The molecule has 0 spiro atoms. The summed E-state index contributed by atoms with van der Waals surface area (Å²) in [5.41, 5.74) is 1.91. The van der Waals surface area contributed by atoms with Gasteiger partial charge in [-0.15, -0.1) is 0 Å². The highest BCUT2D eigenvalue weighted by molar-refractivity contribution is 5.51. The second kappa shape index (κ2) is 7.66. The molecule has 0 saturated carbocycles. The average Bonchev–Trinajstić information content (AvgIpc) is 2.49. The van der Waals surface area contributed by atoms with Gasteiger partial charge in [-0.05, 0) is 70.9 Å². The molecule has 2 N–H and O–H groups in total. The van der Waals surface area contributed by atoms with E-state index in [9.17, 15) is 5.11 Å². The molecular formula is C17H28N2O2. The third kappa shape index (κ3) is 4.35. The molecule has 1 aromatic carbocycles. The summed E-state index contributed by atoms with van der Waals surface area (Å²) in [4.78, 5) is 2.39. The molecule has 0 aromatic heterocycles. The highest BCUT2D eigenvalue weighted by atomic mass is 16.5. The molecule has 1 aliphatic heterocycles. The lowest BCUT2D eigenvalue weighted by Crippen LogP contribution is -2.37. The van der Waals surface area contributed by atoms with Crippen molar-refractivity contribution in [2.75, 3.05) is 32.1 Å². The van der Waals surface area contributed by atoms with Gasteiger partial charge >= 0.3 is 0 Å². The number of aliphatic hydroxyl groups is 1. The zero-order valence-corrected chi connectivity index (χ0v) is 13.4. The van der Waals surface area contributed by atoms with Crippen LogP contribution in [0.25, 0.3) is 0 Å². The van der Waals surface area contributed by atoms with Crippen LogP contribution in [0.15, 0.2) is 18.2 Å². The zero-order chi connectivity index (χ0) is 15.2. The van der Waals surface area contributed by atoms with Crippen molar-refractivity contribution in [3.8, 4) is 5.75 Å². The minimum absolute atomic E-state index is 0.00740. The van der Waals surface area contributed by atoms with Crippen LogP contribution in [-0.4, -0.2) is 42.8 Å². The maximum atomic E-state index is 9.47. The quantitative estimate of drug-likeness (QED) is 0.846. The highest BCUT2D eigenvalue weighted by Crippen LogP contribution is 2.26. The Labute approximate surface area is 128 Å². The number of aliphatic hydroxyl groups excluding tert-OH is 1. The first-order chi connectivity index (χ1) is 10.1. The number of nitrogens with zero attached hydrogens (tertiary/aromatic N) is 1. The topological polar surface area (TPSA) is 44.7 Å². The van der Waals surface area contributed by atoms with E-state index >= 15 is 0 Å². The van der Waals surface area contributed by atoms with Crippen molar-refractivity contribution >= 4 is 5.69 Å². The van der Waals surface area contributed by atoms with Crippen molar-refractivity contribution in [2.45, 2.75) is 39.3 Å². The van der Waals surface area contributed by atoms with E-state index in [4.69, 9.17) is 4.74 Å². The number of hydrogen-bond donors (Lipinski definition) is 2. The number of ether oxygens (including phenoxy) is 1. The van der Waals surface area contributed by atoms with Crippen LogP contribution in [0.2, 0.25) is 0 Å². The molecule has 1 aliphatic rings. The Morgan fingerprint density at radius 3 is 2.71 bits per heavy atom. The van der Waals surface area contributed by atoms with Gasteiger partial charge in [-0.2, -0.15) is 0 Å². The lowest BCUT2D eigenvalue weighted by Gasteiger charge is -2.33. The van der Waals surface area contributed by atoms with Gasteiger partial charge in [0.25, 0.3) is 0 Å². The maximum Gasteiger partial charge on any atom is 0.124 e. The van der Waals surface area contributed by atoms with Crippen LogP contribution >= 0.6 is 0 Å². The number of anilines is 1. The molecule has 1 fully saturated rings. The molecule has 1 heterocycles. The molecule has 0 aliphatic carbocycles. The largest absolute Gasteiger partial charge is 0.494 e. The molecule has 21 heavy (non-hydrogen) atoms. The van der Waals surface area contributed by atoms with Crippen molar-refractivity contribution in [3.05, 3.63) is 23.8 Å². The summed E-state index contributed by atoms with van der Waals surface area (Å²) in [5, 5.41) is 13.1. The Morgan fingerprint density at radius 2 is 2.10 bits per heavy atom. The van der Waals surface area contributed by atoms with Crippen molar-refractivity contribution in [1.82, 2.24) is 4.90 Å². The standard InChI is InChI=1S/C17H28N2O2/c1-4-21-17-6-5-16(11-15(17)12-20)18-13(2)14-7-9-19(3)10-8-14/h5-6,11,13-14,18,20H,4,7-10,12H2,1-3H3. The van der Waals surface area contributed by atoms with Crippen LogP contribution in [-0.2, 0) is 6.61 Å². The van der Waals surface area contributed by atoms with Crippen LogP contribution in [0.5, 0.6) is 5.75 Å². The molecule has 4 nitrogen and oxygen atoms in total. The smallest absolute Gasteiger partial charge is 0.124 e. The molecular weight excluding hydrogens is 264 g/mol. The van der Waals surface area contributed by atoms with E-state index in [-0.39, 0.29) is 6.61 Å². The van der Waals surface area contributed by atoms with E-state index in [1.165, 1.54) is 25.9 Å². The Balaban J connectivity index is 1.98. The van der Waals surface area contributed by atoms with Crippen molar-refractivity contribution in [2.24, 2.45) is 5.92 Å². The first kappa shape index (κ1) is 16.1. The number of nitrogens with one attached hydrogen (secondary N) is 1. The molecule has 0 amide bonds. The Kier molecular flexibility index (Phi) is 5.88. The molecule has 0 radical (unpaired) electrons. The van der Waals surface area contributed by atoms with Crippen molar-refractivity contribution in [3.63, 3.8) is 0 Å². The summed E-state index contributed by atoms with van der Waals surface area (Å²) in [7, 11) is 2.19. The minimum Gasteiger partial charge on any atom is -0.494 e. The number of rotatable bonds is 6. The van der Waals surface area contributed by atoms with Gasteiger partial charge in [-0.1, -0.05) is 0 Å². The van der Waals surface area contributed by atoms with Gasteiger partial charge in [-0.25, -0.2) is 0 Å². The van der Waals surface area contributed by atoms with Gasteiger partial charge in [0.1, 0.15) is 5.75 Å². The number of likely N-dealkylation sites (tertiary alicyclic amines) is 1. The summed E-state index contributed by atoms with van der Waals surface area (Å²) in [6, 6.07) is 6.42. The maximum absolute atomic E-state index is 9.47. The number of benzene rings is 1. The molecule has 1 saturated heterocycles. The van der Waals surface area contributed by atoms with E-state index in [1.807, 2.05) is 25.1 Å². The monoisotopic (exact) mass is 292 g/mol. The van der Waals surface area contributed by atoms with E-state index in [0.29, 0.717) is 18.6 Å². The predicted octanol–water partition coefficient (Wildman–Crippen LogP) is 2.72. The molecule has 2 rings (SSSR count).